The van der Waals surface area contributed by atoms with Gasteiger partial charge in [0.15, 0.2) is 0 Å². The zero-order valence-electron chi connectivity index (χ0n) is 19.4. The molecule has 4 aliphatic rings. The minimum Gasteiger partial charge on any atom is -0.395 e. The fraction of sp³-hybridized carbons (Fsp3) is 0.583. The van der Waals surface area contributed by atoms with Gasteiger partial charge in [-0.05, 0) is 55.9 Å². The van der Waals surface area contributed by atoms with Gasteiger partial charge < -0.3 is 35.0 Å². The molecule has 3 heterocycles. The van der Waals surface area contributed by atoms with Gasteiger partial charge in [0.25, 0.3) is 17.6 Å². The fourth-order valence-electron chi connectivity index (χ4n) is 6.84. The smallest absolute Gasteiger partial charge is 0.295 e. The predicted molar refractivity (Wildman–Crippen MR) is 125 cm³/mol. The molecular formula is C24H30N6O5. The lowest BCUT2D eigenvalue weighted by molar-refractivity contribution is -0.0960. The maximum atomic E-state index is 12.8. The third kappa shape index (κ3) is 3.78. The van der Waals surface area contributed by atoms with Crippen molar-refractivity contribution in [1.82, 2.24) is 25.0 Å². The molecule has 0 aromatic carbocycles. The minimum atomic E-state index is -0.525. The number of amides is 1. The summed E-state index contributed by atoms with van der Waals surface area (Å²) in [5.74, 6) is 0.759. The summed E-state index contributed by atoms with van der Waals surface area (Å²) in [5, 5.41) is 37.8. The Bertz CT molecular complexity index is 1220. The van der Waals surface area contributed by atoms with E-state index in [1.165, 1.54) is 4.90 Å². The Balaban J connectivity index is 1.35. The minimum absolute atomic E-state index is 0.0603. The van der Waals surface area contributed by atoms with Crippen LogP contribution >= 0.6 is 0 Å². The van der Waals surface area contributed by atoms with Gasteiger partial charge in [0.2, 0.25) is 0 Å². The Labute approximate surface area is 201 Å². The van der Waals surface area contributed by atoms with Crippen LogP contribution in [-0.4, -0.2) is 84.2 Å². The van der Waals surface area contributed by atoms with E-state index in [1.807, 2.05) is 12.3 Å². The zero-order valence-corrected chi connectivity index (χ0v) is 19.4. The van der Waals surface area contributed by atoms with E-state index < -0.39 is 5.91 Å². The lowest BCUT2D eigenvalue weighted by Gasteiger charge is -2.59. The molecule has 3 unspecified atom stereocenters. The second-order valence-electron chi connectivity index (χ2n) is 10.3. The molecule has 0 spiro atoms. The van der Waals surface area contributed by atoms with E-state index in [-0.39, 0.29) is 49.7 Å². The lowest BCUT2D eigenvalue weighted by atomic mass is 9.51. The Hall–Kier alpha value is -3.02. The first-order valence-corrected chi connectivity index (χ1v) is 12.3. The summed E-state index contributed by atoms with van der Waals surface area (Å²) in [5.41, 5.74) is 2.05. The molecule has 11 nitrogen and oxygen atoms in total. The highest BCUT2D eigenvalue weighted by Crippen LogP contribution is 2.57. The van der Waals surface area contributed by atoms with Gasteiger partial charge in [-0.3, -0.25) is 4.79 Å². The molecular weight excluding hydrogens is 452 g/mol. The first-order valence-electron chi connectivity index (χ1n) is 12.3. The number of nitrogens with zero attached hydrogens (tertiary/aromatic N) is 4. The van der Waals surface area contributed by atoms with Gasteiger partial charge >= 0.3 is 0 Å². The number of aliphatic hydroxyl groups excluding tert-OH is 3. The summed E-state index contributed by atoms with van der Waals surface area (Å²) in [6.07, 6.45) is 8.37. The summed E-state index contributed by atoms with van der Waals surface area (Å²) < 4.78 is 5.52. The molecule has 4 fully saturated rings. The first-order chi connectivity index (χ1) is 17.0. The molecule has 0 aliphatic heterocycles. The molecule has 5 N–H and O–H groups in total. The van der Waals surface area contributed by atoms with Crippen LogP contribution in [0.1, 0.15) is 42.7 Å². The predicted octanol–water partition coefficient (Wildman–Crippen LogP) is 1.39. The van der Waals surface area contributed by atoms with E-state index in [9.17, 15) is 20.1 Å². The Morgan fingerprint density at radius 1 is 1.20 bits per heavy atom. The Kier molecular flexibility index (Phi) is 5.50. The van der Waals surface area contributed by atoms with Crippen molar-refractivity contribution in [3.63, 3.8) is 0 Å². The highest BCUT2D eigenvalue weighted by molar-refractivity contribution is 5.97. The van der Waals surface area contributed by atoms with E-state index in [0.29, 0.717) is 23.3 Å². The molecule has 5 atom stereocenters. The van der Waals surface area contributed by atoms with E-state index in [1.54, 1.807) is 6.20 Å². The monoisotopic (exact) mass is 482 g/mol. The highest BCUT2D eigenvalue weighted by Gasteiger charge is 2.55. The van der Waals surface area contributed by atoms with Crippen LogP contribution < -0.4 is 5.32 Å². The molecule has 11 heteroatoms. The molecule has 0 radical (unpaired) electrons. The number of rotatable bonds is 8. The number of anilines is 1. The van der Waals surface area contributed by atoms with Crippen LogP contribution in [0.2, 0.25) is 0 Å². The molecule has 7 rings (SSSR count). The van der Waals surface area contributed by atoms with Crippen LogP contribution in [0.25, 0.3) is 22.5 Å². The standard InChI is InChI=1S/C24H30N6O5/c31-5-3-30(4-6-32)23(34)21-27-22(35-29-21)17-12-26-20-16(1-2-25-20)18(17)28-24-9-13-7-14(10-24)19(33)15(8-13)11-24/h1-2,12-15,19,31-33H,3-11H2,(H2,25,26,28)/t13?,14-,15+,19?,24?. The summed E-state index contributed by atoms with van der Waals surface area (Å²) >= 11 is 0. The number of aromatic amines is 1. The molecule has 3 aromatic heterocycles. The molecule has 186 valence electrons. The molecule has 1 amide bonds. The molecule has 35 heavy (non-hydrogen) atoms. The Morgan fingerprint density at radius 2 is 1.94 bits per heavy atom. The molecule has 0 saturated heterocycles. The maximum absolute atomic E-state index is 12.8. The number of hydrogen-bond donors (Lipinski definition) is 5. The van der Waals surface area contributed by atoms with E-state index in [0.717, 1.165) is 48.8 Å². The van der Waals surface area contributed by atoms with Crippen molar-refractivity contribution in [2.75, 3.05) is 31.6 Å². The average molecular weight is 483 g/mol. The van der Waals surface area contributed by atoms with Gasteiger partial charge in [-0.1, -0.05) is 5.16 Å². The summed E-state index contributed by atoms with van der Waals surface area (Å²) in [6, 6.07) is 1.95. The van der Waals surface area contributed by atoms with Gasteiger partial charge in [0, 0.05) is 36.4 Å². The molecule has 4 bridgehead atoms. The second-order valence-corrected chi connectivity index (χ2v) is 10.3. The van der Waals surface area contributed by atoms with Gasteiger partial charge in [-0.25, -0.2) is 4.98 Å². The summed E-state index contributed by atoms with van der Waals surface area (Å²) in [4.78, 5) is 26.1. The van der Waals surface area contributed by atoms with Gasteiger partial charge in [-0.15, -0.1) is 0 Å². The SMILES string of the molecule is O=C(c1noc(-c2cnc3[nH]ccc3c2NC23CC4C[C@H](C2)C(O)[C@@H](C4)C3)n1)N(CCO)CCO. The highest BCUT2D eigenvalue weighted by atomic mass is 16.5. The van der Waals surface area contributed by atoms with Crippen molar-refractivity contribution in [3.05, 3.63) is 24.3 Å². The van der Waals surface area contributed by atoms with Crippen molar-refractivity contribution in [2.45, 2.75) is 43.7 Å². The molecule has 4 saturated carbocycles. The maximum Gasteiger partial charge on any atom is 0.295 e. The fourth-order valence-corrected chi connectivity index (χ4v) is 6.84. The van der Waals surface area contributed by atoms with Gasteiger partial charge in [0.1, 0.15) is 5.65 Å². The summed E-state index contributed by atoms with van der Waals surface area (Å²) in [6.45, 7) is -0.355. The first kappa shape index (κ1) is 22.4. The van der Waals surface area contributed by atoms with Crippen molar-refractivity contribution in [2.24, 2.45) is 17.8 Å². The molecule has 3 aromatic rings. The lowest BCUT2D eigenvalue weighted by Crippen LogP contribution is -2.60. The normalized spacial score (nSPS) is 29.1. The number of aromatic nitrogens is 4. The van der Waals surface area contributed by atoms with Crippen molar-refractivity contribution in [1.29, 1.82) is 0 Å². The average Bonchev–Trinajstić information content (AvgIpc) is 3.52. The van der Waals surface area contributed by atoms with Crippen LogP contribution in [0.3, 0.4) is 0 Å². The summed E-state index contributed by atoms with van der Waals surface area (Å²) in [7, 11) is 0. The third-order valence-corrected chi connectivity index (χ3v) is 8.07. The van der Waals surface area contributed by atoms with E-state index >= 15 is 0 Å². The topological polar surface area (TPSA) is 161 Å². The number of hydrogen-bond acceptors (Lipinski definition) is 9. The van der Waals surface area contributed by atoms with Gasteiger partial charge in [0.05, 0.1) is 30.6 Å². The third-order valence-electron chi connectivity index (χ3n) is 8.07. The van der Waals surface area contributed by atoms with Crippen molar-refractivity contribution in [3.8, 4) is 11.5 Å². The van der Waals surface area contributed by atoms with Gasteiger partial charge in [-0.2, -0.15) is 4.98 Å². The number of pyridine rings is 1. The molecule has 4 aliphatic carbocycles. The van der Waals surface area contributed by atoms with Crippen LogP contribution in [0.4, 0.5) is 5.69 Å². The van der Waals surface area contributed by atoms with Crippen LogP contribution in [-0.2, 0) is 0 Å². The van der Waals surface area contributed by atoms with Crippen molar-refractivity contribution >= 4 is 22.6 Å². The number of H-pyrrole nitrogens is 1. The number of nitrogens with one attached hydrogen (secondary N) is 2. The van der Waals surface area contributed by atoms with E-state index in [2.05, 4.69) is 25.4 Å². The largest absolute Gasteiger partial charge is 0.395 e. The number of carbonyl (C=O) groups is 1. The van der Waals surface area contributed by atoms with Crippen LogP contribution in [0.15, 0.2) is 23.0 Å². The van der Waals surface area contributed by atoms with Crippen molar-refractivity contribution < 1.29 is 24.6 Å². The number of fused-ring (bicyclic) bond motifs is 1. The van der Waals surface area contributed by atoms with Crippen LogP contribution in [0, 0.1) is 17.8 Å². The zero-order chi connectivity index (χ0) is 24.2. The Morgan fingerprint density at radius 3 is 2.66 bits per heavy atom. The number of aliphatic hydroxyl groups is 3. The second kappa shape index (κ2) is 8.58. The van der Waals surface area contributed by atoms with E-state index in [4.69, 9.17) is 4.52 Å². The van der Waals surface area contributed by atoms with Crippen LogP contribution in [0.5, 0.6) is 0 Å². The quantitative estimate of drug-likeness (QED) is 0.319. The number of carbonyl (C=O) groups excluding carboxylic acids is 1.